The lowest BCUT2D eigenvalue weighted by molar-refractivity contribution is -0.138. The second-order valence-corrected chi connectivity index (χ2v) is 6.38. The van der Waals surface area contributed by atoms with E-state index in [1.807, 2.05) is 37.3 Å². The lowest BCUT2D eigenvalue weighted by Crippen LogP contribution is -2.48. The van der Waals surface area contributed by atoms with Crippen LogP contribution in [0.4, 0.5) is 4.79 Å². The number of urea groups is 1. The van der Waals surface area contributed by atoms with Crippen molar-refractivity contribution in [1.82, 2.24) is 15.8 Å². The molecule has 0 saturated carbocycles. The molecular weight excluding hydrogens is 306 g/mol. The number of carbonyl (C=O) groups is 3. The zero-order valence-corrected chi connectivity index (χ0v) is 14.3. The molecule has 0 aromatic heterocycles. The normalized spacial score (nSPS) is 20.2. The Bertz CT molecular complexity index is 603. The first-order valence-corrected chi connectivity index (χ1v) is 8.46. The highest BCUT2D eigenvalue weighted by Gasteiger charge is 2.48. The van der Waals surface area contributed by atoms with Gasteiger partial charge in [0.05, 0.1) is 0 Å². The predicted octanol–water partition coefficient (Wildman–Crippen LogP) is 2.54. The van der Waals surface area contributed by atoms with Gasteiger partial charge in [0.15, 0.2) is 0 Å². The summed E-state index contributed by atoms with van der Waals surface area (Å²) >= 11 is 0. The van der Waals surface area contributed by atoms with Gasteiger partial charge in [0, 0.05) is 6.42 Å². The van der Waals surface area contributed by atoms with E-state index in [1.165, 1.54) is 0 Å². The molecule has 1 unspecified atom stereocenters. The van der Waals surface area contributed by atoms with Gasteiger partial charge < -0.3 is 5.32 Å². The zero-order chi connectivity index (χ0) is 17.6. The maximum absolute atomic E-state index is 12.6. The topological polar surface area (TPSA) is 78.5 Å². The minimum atomic E-state index is -0.996. The first-order chi connectivity index (χ1) is 11.5. The average molecular weight is 331 g/mol. The minimum Gasteiger partial charge on any atom is -0.322 e. The Morgan fingerprint density at radius 2 is 1.92 bits per heavy atom. The van der Waals surface area contributed by atoms with Gasteiger partial charge in [0.1, 0.15) is 5.54 Å². The first kappa shape index (κ1) is 18.0. The molecule has 2 N–H and O–H groups in total. The maximum Gasteiger partial charge on any atom is 0.344 e. The molecule has 1 aliphatic heterocycles. The zero-order valence-electron chi connectivity index (χ0n) is 14.3. The van der Waals surface area contributed by atoms with E-state index in [2.05, 4.69) is 10.7 Å². The number of hydrogen-bond donors (Lipinski definition) is 2. The molecule has 6 nitrogen and oxygen atoms in total. The van der Waals surface area contributed by atoms with E-state index >= 15 is 0 Å². The number of nitrogens with one attached hydrogen (secondary N) is 2. The summed E-state index contributed by atoms with van der Waals surface area (Å²) in [6.45, 7) is 3.74. The fourth-order valence-electron chi connectivity index (χ4n) is 2.71. The number of nitrogens with zero attached hydrogens (tertiary/aromatic N) is 1. The number of hydrazine groups is 1. The van der Waals surface area contributed by atoms with Crippen molar-refractivity contribution in [2.24, 2.45) is 0 Å². The third-order valence-electron chi connectivity index (χ3n) is 4.26. The molecule has 1 atom stereocenters. The summed E-state index contributed by atoms with van der Waals surface area (Å²) in [6.07, 6.45) is 4.16. The van der Waals surface area contributed by atoms with Gasteiger partial charge in [0.25, 0.3) is 5.91 Å². The molecular formula is C18H25N3O3. The van der Waals surface area contributed by atoms with Gasteiger partial charge >= 0.3 is 6.03 Å². The Morgan fingerprint density at radius 3 is 2.58 bits per heavy atom. The Hall–Kier alpha value is -2.37. The molecule has 1 aromatic rings. The second-order valence-electron chi connectivity index (χ2n) is 6.38. The minimum absolute atomic E-state index is 0.306. The number of carbonyl (C=O) groups excluding carboxylic acids is 3. The van der Waals surface area contributed by atoms with Gasteiger partial charge in [-0.05, 0) is 31.7 Å². The fourth-order valence-corrected chi connectivity index (χ4v) is 2.71. The van der Waals surface area contributed by atoms with Crippen LogP contribution in [0.5, 0.6) is 0 Å². The summed E-state index contributed by atoms with van der Waals surface area (Å²) in [5.41, 5.74) is 2.53. The van der Waals surface area contributed by atoms with Crippen LogP contribution in [0, 0.1) is 0 Å². The number of aryl methyl sites for hydroxylation is 1. The van der Waals surface area contributed by atoms with E-state index in [-0.39, 0.29) is 5.91 Å². The number of benzene rings is 1. The molecule has 1 saturated heterocycles. The Labute approximate surface area is 142 Å². The quantitative estimate of drug-likeness (QED) is 0.567. The highest BCUT2D eigenvalue weighted by molar-refractivity contribution is 6.07. The van der Waals surface area contributed by atoms with Gasteiger partial charge in [-0.25, -0.2) is 4.79 Å². The summed E-state index contributed by atoms with van der Waals surface area (Å²) in [4.78, 5) is 36.5. The number of rotatable bonds is 8. The number of unbranched alkanes of at least 4 members (excludes halogenated alkanes) is 2. The molecule has 4 amide bonds. The van der Waals surface area contributed by atoms with Crippen LogP contribution in [0.1, 0.15) is 51.5 Å². The highest BCUT2D eigenvalue weighted by atomic mass is 16.2. The van der Waals surface area contributed by atoms with E-state index in [0.29, 0.717) is 19.3 Å². The summed E-state index contributed by atoms with van der Waals surface area (Å²) < 4.78 is 0. The van der Waals surface area contributed by atoms with Gasteiger partial charge in [-0.3, -0.25) is 15.0 Å². The number of hydrogen-bond acceptors (Lipinski definition) is 3. The van der Waals surface area contributed by atoms with Crippen LogP contribution in [-0.2, 0) is 16.0 Å². The predicted molar refractivity (Wildman–Crippen MR) is 90.8 cm³/mol. The summed E-state index contributed by atoms with van der Waals surface area (Å²) in [7, 11) is 0. The van der Waals surface area contributed by atoms with Crippen LogP contribution in [0.2, 0.25) is 0 Å². The molecule has 0 bridgehead atoms. The molecule has 0 radical (unpaired) electrons. The van der Waals surface area contributed by atoms with E-state index < -0.39 is 17.5 Å². The molecule has 1 aliphatic rings. The van der Waals surface area contributed by atoms with Crippen molar-refractivity contribution in [2.75, 3.05) is 0 Å². The van der Waals surface area contributed by atoms with Crippen LogP contribution in [0.3, 0.4) is 0 Å². The van der Waals surface area contributed by atoms with Crippen molar-refractivity contribution in [3.63, 3.8) is 0 Å². The van der Waals surface area contributed by atoms with Crippen LogP contribution in [0.15, 0.2) is 30.3 Å². The maximum atomic E-state index is 12.6. The van der Waals surface area contributed by atoms with Crippen molar-refractivity contribution in [3.05, 3.63) is 35.9 Å². The van der Waals surface area contributed by atoms with Gasteiger partial charge in [-0.2, -0.15) is 5.01 Å². The molecule has 6 heteroatoms. The summed E-state index contributed by atoms with van der Waals surface area (Å²) in [5.74, 6) is -0.716. The highest BCUT2D eigenvalue weighted by Crippen LogP contribution is 2.22. The fraction of sp³-hybridized carbons (Fsp3) is 0.500. The lowest BCUT2D eigenvalue weighted by Gasteiger charge is -2.21. The third kappa shape index (κ3) is 4.34. The monoisotopic (exact) mass is 331 g/mol. The van der Waals surface area contributed by atoms with Crippen LogP contribution < -0.4 is 10.7 Å². The third-order valence-corrected chi connectivity index (χ3v) is 4.26. The molecule has 0 spiro atoms. The van der Waals surface area contributed by atoms with Crippen molar-refractivity contribution < 1.29 is 14.4 Å². The van der Waals surface area contributed by atoms with E-state index in [9.17, 15) is 14.4 Å². The van der Waals surface area contributed by atoms with Gasteiger partial charge in [0.2, 0.25) is 5.91 Å². The molecule has 130 valence electrons. The molecule has 1 fully saturated rings. The second kappa shape index (κ2) is 7.95. The van der Waals surface area contributed by atoms with E-state index in [1.54, 1.807) is 6.92 Å². The SMILES string of the molecule is CCCCCC(=O)NN1C(=O)NC(C)(CCc2ccccc2)C1=O. The average Bonchev–Trinajstić information content (AvgIpc) is 2.78. The lowest BCUT2D eigenvalue weighted by atomic mass is 9.93. The first-order valence-electron chi connectivity index (χ1n) is 8.46. The van der Waals surface area contributed by atoms with Gasteiger partial charge in [-0.15, -0.1) is 0 Å². The van der Waals surface area contributed by atoms with Crippen molar-refractivity contribution in [2.45, 2.75) is 57.9 Å². The largest absolute Gasteiger partial charge is 0.344 e. The van der Waals surface area contributed by atoms with Gasteiger partial charge in [-0.1, -0.05) is 50.1 Å². The van der Waals surface area contributed by atoms with Crippen LogP contribution in [0.25, 0.3) is 0 Å². The van der Waals surface area contributed by atoms with E-state index in [4.69, 9.17) is 0 Å². The van der Waals surface area contributed by atoms with Crippen LogP contribution in [-0.4, -0.2) is 28.4 Å². The Morgan fingerprint density at radius 1 is 1.21 bits per heavy atom. The number of imide groups is 1. The Kier molecular flexibility index (Phi) is 5.95. The molecule has 0 aliphatic carbocycles. The molecule has 24 heavy (non-hydrogen) atoms. The molecule has 1 heterocycles. The smallest absolute Gasteiger partial charge is 0.322 e. The molecule has 2 rings (SSSR count). The standard InChI is InChI=1S/C18H25N3O3/c1-3-4-6-11-15(22)20-21-16(23)18(2,19-17(21)24)13-12-14-9-7-5-8-10-14/h5,7-10H,3-4,6,11-13H2,1-2H3,(H,19,24)(H,20,22). The number of amides is 4. The summed E-state index contributed by atoms with van der Waals surface area (Å²) in [6, 6.07) is 9.21. The van der Waals surface area contributed by atoms with Crippen molar-refractivity contribution in [3.8, 4) is 0 Å². The van der Waals surface area contributed by atoms with Crippen molar-refractivity contribution >= 4 is 17.8 Å². The Balaban J connectivity index is 1.93. The molecule has 1 aromatic carbocycles. The van der Waals surface area contributed by atoms with E-state index in [0.717, 1.165) is 29.8 Å². The van der Waals surface area contributed by atoms with Crippen LogP contribution >= 0.6 is 0 Å². The van der Waals surface area contributed by atoms with Crippen molar-refractivity contribution in [1.29, 1.82) is 0 Å². The summed E-state index contributed by atoms with van der Waals surface area (Å²) in [5, 5.41) is 3.51.